The van der Waals surface area contributed by atoms with Gasteiger partial charge in [0.15, 0.2) is 0 Å². The van der Waals surface area contributed by atoms with E-state index >= 15 is 0 Å². The molecule has 1 unspecified atom stereocenters. The van der Waals surface area contributed by atoms with Gasteiger partial charge < -0.3 is 9.84 Å². The van der Waals surface area contributed by atoms with Gasteiger partial charge in [-0.25, -0.2) is 4.79 Å². The highest BCUT2D eigenvalue weighted by Gasteiger charge is 2.37. The van der Waals surface area contributed by atoms with E-state index < -0.39 is 16.2 Å². The first-order chi connectivity index (χ1) is 10.4. The second-order valence-electron chi connectivity index (χ2n) is 5.56. The topological polar surface area (TPSA) is 87.2 Å². The van der Waals surface area contributed by atoms with E-state index in [4.69, 9.17) is 4.74 Å². The smallest absolute Gasteiger partial charge is 0.336 e. The summed E-state index contributed by atoms with van der Waals surface area (Å²) in [4.78, 5) is 11.3. The first kappa shape index (κ1) is 15.4. The average Bonchev–Trinajstić information content (AvgIpc) is 2.91. The average molecular weight is 326 g/mol. The van der Waals surface area contributed by atoms with E-state index in [1.807, 2.05) is 6.92 Å². The second-order valence-corrected chi connectivity index (χ2v) is 7.49. The molecule has 1 aromatic rings. The minimum Gasteiger partial charge on any atom is -0.478 e. The largest absolute Gasteiger partial charge is 0.478 e. The van der Waals surface area contributed by atoms with Crippen LogP contribution in [0.5, 0.6) is 0 Å². The second kappa shape index (κ2) is 5.62. The van der Waals surface area contributed by atoms with Gasteiger partial charge in [-0.15, -0.1) is 0 Å². The molecule has 22 heavy (non-hydrogen) atoms. The quantitative estimate of drug-likeness (QED) is 0.882. The summed E-state index contributed by atoms with van der Waals surface area (Å²) in [5.74, 6) is -1.03. The molecule has 1 N–H and O–H groups in total. The molecule has 1 atom stereocenters. The maximum atomic E-state index is 12.7. The van der Waals surface area contributed by atoms with Crippen LogP contribution in [0.15, 0.2) is 18.2 Å². The van der Waals surface area contributed by atoms with Crippen LogP contribution in [0.4, 0.5) is 0 Å². The minimum atomic E-state index is -3.61. The Morgan fingerprint density at radius 3 is 2.77 bits per heavy atom. The van der Waals surface area contributed by atoms with Crippen molar-refractivity contribution in [1.82, 2.24) is 8.61 Å². The molecule has 7 nitrogen and oxygen atoms in total. The van der Waals surface area contributed by atoms with Crippen LogP contribution in [0.2, 0.25) is 0 Å². The molecule has 0 saturated carbocycles. The fourth-order valence-electron chi connectivity index (χ4n) is 2.91. The van der Waals surface area contributed by atoms with E-state index in [0.717, 1.165) is 5.56 Å². The zero-order valence-electron chi connectivity index (χ0n) is 12.2. The number of aromatic carboxylic acids is 1. The van der Waals surface area contributed by atoms with Crippen LogP contribution in [0.1, 0.15) is 28.4 Å². The molecule has 1 aromatic carbocycles. The molecule has 0 radical (unpaired) electrons. The summed E-state index contributed by atoms with van der Waals surface area (Å²) in [6, 6.07) is 4.93. The van der Waals surface area contributed by atoms with Crippen LogP contribution in [-0.4, -0.2) is 53.9 Å². The number of carbonyl (C=O) groups is 1. The van der Waals surface area contributed by atoms with E-state index in [-0.39, 0.29) is 24.8 Å². The van der Waals surface area contributed by atoms with Crippen molar-refractivity contribution in [2.45, 2.75) is 26.1 Å². The molecule has 1 fully saturated rings. The molecule has 3 rings (SSSR count). The lowest BCUT2D eigenvalue weighted by molar-refractivity contribution is 0.00821. The van der Waals surface area contributed by atoms with Crippen molar-refractivity contribution in [3.8, 4) is 0 Å². The Labute approximate surface area is 129 Å². The Morgan fingerprint density at radius 2 is 2.09 bits per heavy atom. The lowest BCUT2D eigenvalue weighted by Crippen LogP contribution is -2.49. The number of ether oxygens (including phenoxy) is 1. The van der Waals surface area contributed by atoms with Gasteiger partial charge in [-0.2, -0.15) is 17.0 Å². The van der Waals surface area contributed by atoms with Crippen LogP contribution >= 0.6 is 0 Å². The summed E-state index contributed by atoms with van der Waals surface area (Å²) in [7, 11) is -3.61. The predicted octanol–water partition coefficient (Wildman–Crippen LogP) is 0.666. The van der Waals surface area contributed by atoms with Crippen LogP contribution in [-0.2, 0) is 28.0 Å². The molecule has 8 heteroatoms. The first-order valence-electron chi connectivity index (χ1n) is 7.10. The highest BCUT2D eigenvalue weighted by molar-refractivity contribution is 7.86. The third kappa shape index (κ3) is 2.63. The zero-order valence-corrected chi connectivity index (χ0v) is 13.0. The van der Waals surface area contributed by atoms with E-state index in [0.29, 0.717) is 25.3 Å². The van der Waals surface area contributed by atoms with Crippen molar-refractivity contribution in [2.75, 3.05) is 19.7 Å². The van der Waals surface area contributed by atoms with Gasteiger partial charge in [-0.1, -0.05) is 12.1 Å². The molecule has 0 aromatic heterocycles. The molecular formula is C14H18N2O5S. The molecule has 0 spiro atoms. The monoisotopic (exact) mass is 326 g/mol. The number of carboxylic acid groups (broad SMARTS) is 1. The number of rotatable bonds is 3. The van der Waals surface area contributed by atoms with Gasteiger partial charge in [0.1, 0.15) is 0 Å². The Balaban J connectivity index is 1.86. The van der Waals surface area contributed by atoms with E-state index in [1.54, 1.807) is 12.1 Å². The third-order valence-corrected chi connectivity index (χ3v) is 5.94. The Morgan fingerprint density at radius 1 is 1.32 bits per heavy atom. The number of hydrogen-bond donors (Lipinski definition) is 1. The molecular weight excluding hydrogens is 308 g/mol. The third-order valence-electron chi connectivity index (χ3n) is 4.04. The van der Waals surface area contributed by atoms with Gasteiger partial charge in [0, 0.05) is 26.2 Å². The van der Waals surface area contributed by atoms with Crippen molar-refractivity contribution in [3.63, 3.8) is 0 Å². The number of morpholine rings is 1. The summed E-state index contributed by atoms with van der Waals surface area (Å²) >= 11 is 0. The standard InChI is InChI=1S/C14H18N2O5S/c1-10-7-15(5-6-21-10)22(19,20)16-8-11-3-2-4-12(14(17)18)13(11)9-16/h2-4,10H,5-9H2,1H3,(H,17,18). The lowest BCUT2D eigenvalue weighted by Gasteiger charge is -2.33. The number of carboxylic acids is 1. The predicted molar refractivity (Wildman–Crippen MR) is 78.6 cm³/mol. The van der Waals surface area contributed by atoms with Gasteiger partial charge in [0.25, 0.3) is 10.2 Å². The van der Waals surface area contributed by atoms with Gasteiger partial charge >= 0.3 is 5.97 Å². The fourth-order valence-corrected chi connectivity index (χ4v) is 4.54. The highest BCUT2D eigenvalue weighted by Crippen LogP contribution is 2.29. The number of fused-ring (bicyclic) bond motifs is 1. The van der Waals surface area contributed by atoms with Crippen LogP contribution in [0, 0.1) is 0 Å². The van der Waals surface area contributed by atoms with Crippen LogP contribution < -0.4 is 0 Å². The van der Waals surface area contributed by atoms with Gasteiger partial charge in [0.05, 0.1) is 18.3 Å². The summed E-state index contributed by atoms with van der Waals surface area (Å²) in [5, 5.41) is 9.23. The normalized spacial score (nSPS) is 23.4. The molecule has 1 saturated heterocycles. The summed E-state index contributed by atoms with van der Waals surface area (Å²) in [6.07, 6.45) is -0.136. The zero-order chi connectivity index (χ0) is 15.9. The van der Waals surface area contributed by atoms with Crippen LogP contribution in [0.3, 0.4) is 0 Å². The summed E-state index contributed by atoms with van der Waals surface area (Å²) < 4.78 is 33.6. The Kier molecular flexibility index (Phi) is 3.94. The van der Waals surface area contributed by atoms with Gasteiger partial charge in [-0.3, -0.25) is 0 Å². The number of hydrogen-bond acceptors (Lipinski definition) is 4. The van der Waals surface area contributed by atoms with Crippen molar-refractivity contribution in [1.29, 1.82) is 0 Å². The SMILES string of the molecule is CC1CN(S(=O)(=O)N2Cc3cccc(C(=O)O)c3C2)CCO1. The van der Waals surface area contributed by atoms with E-state index in [2.05, 4.69) is 0 Å². The molecule has 120 valence electrons. The van der Waals surface area contributed by atoms with Crippen molar-refractivity contribution < 1.29 is 23.1 Å². The number of nitrogens with zero attached hydrogens (tertiary/aromatic N) is 2. The summed E-state index contributed by atoms with van der Waals surface area (Å²) in [5.41, 5.74) is 1.51. The van der Waals surface area contributed by atoms with Crippen LogP contribution in [0.25, 0.3) is 0 Å². The van der Waals surface area contributed by atoms with Crippen molar-refractivity contribution in [3.05, 3.63) is 34.9 Å². The van der Waals surface area contributed by atoms with E-state index in [1.165, 1.54) is 14.7 Å². The molecule has 0 bridgehead atoms. The fraction of sp³-hybridized carbons (Fsp3) is 0.500. The van der Waals surface area contributed by atoms with E-state index in [9.17, 15) is 18.3 Å². The maximum absolute atomic E-state index is 12.7. The first-order valence-corrected chi connectivity index (χ1v) is 8.50. The van der Waals surface area contributed by atoms with Crippen molar-refractivity contribution >= 4 is 16.2 Å². The van der Waals surface area contributed by atoms with Gasteiger partial charge in [0.2, 0.25) is 0 Å². The molecule has 2 aliphatic heterocycles. The number of benzene rings is 1. The molecule has 2 aliphatic rings. The molecule has 0 aliphatic carbocycles. The molecule has 0 amide bonds. The lowest BCUT2D eigenvalue weighted by atomic mass is 10.0. The van der Waals surface area contributed by atoms with Gasteiger partial charge in [-0.05, 0) is 24.1 Å². The summed E-state index contributed by atoms with van der Waals surface area (Å²) in [6.45, 7) is 3.17. The Bertz CT molecular complexity index is 703. The minimum absolute atomic E-state index is 0.103. The Hall–Kier alpha value is -1.48. The molecule has 2 heterocycles. The highest BCUT2D eigenvalue weighted by atomic mass is 32.2. The van der Waals surface area contributed by atoms with Crippen molar-refractivity contribution in [2.24, 2.45) is 0 Å². The maximum Gasteiger partial charge on any atom is 0.336 e.